The van der Waals surface area contributed by atoms with Gasteiger partial charge in [0, 0.05) is 22.6 Å². The number of halogens is 6. The van der Waals surface area contributed by atoms with Crippen LogP contribution in [0.25, 0.3) is 5.70 Å². The van der Waals surface area contributed by atoms with Crippen LogP contribution in [-0.4, -0.2) is 17.6 Å². The maximum absolute atomic E-state index is 13.9. The molecule has 2 nitrogen and oxygen atoms in total. The minimum atomic E-state index is -4.59. The summed E-state index contributed by atoms with van der Waals surface area (Å²) in [6.45, 7) is 0.513. The highest BCUT2D eigenvalue weighted by atomic mass is 35.5. The number of hydrogen-bond acceptors (Lipinski definition) is 2. The second kappa shape index (κ2) is 7.45. The van der Waals surface area contributed by atoms with Crippen molar-refractivity contribution in [2.24, 2.45) is 0 Å². The van der Waals surface area contributed by atoms with Crippen molar-refractivity contribution < 1.29 is 13.2 Å². The summed E-state index contributed by atoms with van der Waals surface area (Å²) >= 11 is 18.2. The van der Waals surface area contributed by atoms with Gasteiger partial charge in [-0.3, -0.25) is 5.01 Å². The van der Waals surface area contributed by atoms with E-state index in [1.54, 1.807) is 29.3 Å². The van der Waals surface area contributed by atoms with E-state index < -0.39 is 11.7 Å². The van der Waals surface area contributed by atoms with E-state index in [-0.39, 0.29) is 21.8 Å². The summed E-state index contributed by atoms with van der Waals surface area (Å²) in [5.74, 6) is 0. The molecule has 1 aliphatic heterocycles. The Morgan fingerprint density at radius 1 is 0.929 bits per heavy atom. The van der Waals surface area contributed by atoms with Gasteiger partial charge >= 0.3 is 6.18 Å². The van der Waals surface area contributed by atoms with Gasteiger partial charge in [-0.2, -0.15) is 13.2 Å². The van der Waals surface area contributed by atoms with Crippen molar-refractivity contribution in [2.45, 2.75) is 31.5 Å². The molecule has 0 amide bonds. The summed E-state index contributed by atoms with van der Waals surface area (Å²) in [7, 11) is 0. The fraction of sp³-hybridized carbons (Fsp3) is 0.300. The average Bonchev–Trinajstić information content (AvgIpc) is 2.96. The lowest BCUT2D eigenvalue weighted by atomic mass is 9.92. The molecule has 2 aliphatic rings. The van der Waals surface area contributed by atoms with Crippen molar-refractivity contribution in [3.05, 3.63) is 68.7 Å². The van der Waals surface area contributed by atoms with Gasteiger partial charge in [-0.05, 0) is 48.7 Å². The van der Waals surface area contributed by atoms with E-state index in [0.717, 1.165) is 30.9 Å². The molecule has 0 saturated heterocycles. The summed E-state index contributed by atoms with van der Waals surface area (Å²) in [6, 6.07) is 9.48. The molecular weight excluding hydrogens is 432 g/mol. The van der Waals surface area contributed by atoms with E-state index >= 15 is 0 Å². The van der Waals surface area contributed by atoms with Crippen LogP contribution in [0.15, 0.2) is 42.5 Å². The third-order valence-electron chi connectivity index (χ3n) is 5.14. The first-order valence-electron chi connectivity index (χ1n) is 8.85. The standard InChI is InChI=1S/C20H16Cl3F3N2/c21-13-6-4-12(5-7-13)18-8-9-27(15-2-1-3-15)28(18)19-16(20(24,25)26)10-14(22)11-17(19)23/h4-8,10-11,15H,1-3,9H2. The third-order valence-corrected chi connectivity index (χ3v) is 5.90. The van der Waals surface area contributed by atoms with Crippen molar-refractivity contribution >= 4 is 46.2 Å². The smallest absolute Gasteiger partial charge is 0.271 e. The molecule has 1 heterocycles. The number of benzene rings is 2. The SMILES string of the molecule is FC(F)(F)c1cc(Cl)cc(Cl)c1N1C(c2ccc(Cl)cc2)=CCN1C1CCC1. The molecule has 28 heavy (non-hydrogen) atoms. The lowest BCUT2D eigenvalue weighted by molar-refractivity contribution is -0.137. The van der Waals surface area contributed by atoms with Gasteiger partial charge in [0.25, 0.3) is 0 Å². The van der Waals surface area contributed by atoms with Crippen LogP contribution >= 0.6 is 34.8 Å². The van der Waals surface area contributed by atoms with Crippen molar-refractivity contribution in [3.63, 3.8) is 0 Å². The van der Waals surface area contributed by atoms with Crippen molar-refractivity contribution in [2.75, 3.05) is 11.6 Å². The van der Waals surface area contributed by atoms with E-state index in [1.807, 2.05) is 11.1 Å². The summed E-state index contributed by atoms with van der Waals surface area (Å²) in [4.78, 5) is 0. The Morgan fingerprint density at radius 2 is 1.61 bits per heavy atom. The van der Waals surface area contributed by atoms with Gasteiger partial charge in [0.2, 0.25) is 0 Å². The molecule has 1 aliphatic carbocycles. The number of anilines is 1. The van der Waals surface area contributed by atoms with Crippen LogP contribution in [0.4, 0.5) is 18.9 Å². The molecule has 0 aromatic heterocycles. The zero-order valence-electron chi connectivity index (χ0n) is 14.6. The molecule has 0 unspecified atom stereocenters. The summed E-state index contributed by atoms with van der Waals surface area (Å²) in [5, 5.41) is 4.04. The normalized spacial score (nSPS) is 18.4. The average molecular weight is 448 g/mol. The van der Waals surface area contributed by atoms with Crippen LogP contribution in [0.1, 0.15) is 30.4 Å². The molecule has 1 saturated carbocycles. The molecule has 1 fully saturated rings. The molecule has 0 spiro atoms. The predicted octanol–water partition coefficient (Wildman–Crippen LogP) is 7.30. The van der Waals surface area contributed by atoms with Gasteiger partial charge in [-0.1, -0.05) is 53.4 Å². The van der Waals surface area contributed by atoms with Gasteiger partial charge in [0.05, 0.1) is 22.0 Å². The van der Waals surface area contributed by atoms with Crippen LogP contribution in [0.2, 0.25) is 15.1 Å². The highest BCUT2D eigenvalue weighted by molar-refractivity contribution is 6.37. The Bertz CT molecular complexity index is 922. The quantitative estimate of drug-likeness (QED) is 0.487. The van der Waals surface area contributed by atoms with Gasteiger partial charge < -0.3 is 0 Å². The topological polar surface area (TPSA) is 6.48 Å². The second-order valence-electron chi connectivity index (χ2n) is 6.90. The van der Waals surface area contributed by atoms with E-state index in [1.165, 1.54) is 6.07 Å². The largest absolute Gasteiger partial charge is 0.418 e. The zero-order chi connectivity index (χ0) is 20.1. The minimum absolute atomic E-state index is 0.0362. The van der Waals surface area contributed by atoms with Crippen molar-refractivity contribution in [1.82, 2.24) is 5.01 Å². The summed E-state index contributed by atoms with van der Waals surface area (Å²) < 4.78 is 41.6. The first-order valence-corrected chi connectivity index (χ1v) is 9.98. The predicted molar refractivity (Wildman–Crippen MR) is 108 cm³/mol. The highest BCUT2D eigenvalue weighted by Crippen LogP contribution is 2.48. The minimum Gasteiger partial charge on any atom is -0.271 e. The second-order valence-corrected chi connectivity index (χ2v) is 8.18. The fourth-order valence-corrected chi connectivity index (χ4v) is 4.29. The number of alkyl halides is 3. The number of rotatable bonds is 3. The van der Waals surface area contributed by atoms with Crippen LogP contribution in [0, 0.1) is 0 Å². The number of hydrogen-bond donors (Lipinski definition) is 0. The molecule has 0 atom stereocenters. The summed E-state index contributed by atoms with van der Waals surface area (Å²) in [5.41, 5.74) is 0.476. The maximum atomic E-state index is 13.9. The zero-order valence-corrected chi connectivity index (χ0v) is 16.9. The van der Waals surface area contributed by atoms with Gasteiger partial charge in [0.15, 0.2) is 0 Å². The number of hydrazine groups is 1. The summed E-state index contributed by atoms with van der Waals surface area (Å²) in [6.07, 6.45) is 0.261. The molecule has 8 heteroatoms. The molecule has 2 aromatic rings. The first-order chi connectivity index (χ1) is 13.3. The van der Waals surface area contributed by atoms with Crippen molar-refractivity contribution in [3.8, 4) is 0 Å². The molecule has 4 rings (SSSR count). The van der Waals surface area contributed by atoms with Crippen LogP contribution < -0.4 is 5.01 Å². The lowest BCUT2D eigenvalue weighted by Crippen LogP contribution is -2.48. The Hall–Kier alpha value is -1.40. The van der Waals surface area contributed by atoms with E-state index in [0.29, 0.717) is 17.3 Å². The van der Waals surface area contributed by atoms with Crippen LogP contribution in [-0.2, 0) is 6.18 Å². The fourth-order valence-electron chi connectivity index (χ4n) is 3.59. The molecule has 0 radical (unpaired) electrons. The maximum Gasteiger partial charge on any atom is 0.418 e. The van der Waals surface area contributed by atoms with Gasteiger partial charge in [0.1, 0.15) is 0 Å². The van der Waals surface area contributed by atoms with Crippen LogP contribution in [0.5, 0.6) is 0 Å². The molecular formula is C20H16Cl3F3N2. The monoisotopic (exact) mass is 446 g/mol. The first kappa shape index (κ1) is 19.9. The molecule has 148 valence electrons. The molecule has 0 bridgehead atoms. The van der Waals surface area contributed by atoms with Gasteiger partial charge in [-0.15, -0.1) is 0 Å². The number of nitrogens with zero attached hydrogens (tertiary/aromatic N) is 2. The van der Waals surface area contributed by atoms with E-state index in [9.17, 15) is 13.2 Å². The van der Waals surface area contributed by atoms with Gasteiger partial charge in [-0.25, -0.2) is 5.01 Å². The Balaban J connectivity index is 1.87. The van der Waals surface area contributed by atoms with E-state index in [4.69, 9.17) is 34.8 Å². The van der Waals surface area contributed by atoms with Crippen LogP contribution in [0.3, 0.4) is 0 Å². The van der Waals surface area contributed by atoms with E-state index in [2.05, 4.69) is 0 Å². The Morgan fingerprint density at radius 3 is 2.18 bits per heavy atom. The highest BCUT2D eigenvalue weighted by Gasteiger charge is 2.42. The third kappa shape index (κ3) is 3.61. The molecule has 0 N–H and O–H groups in total. The van der Waals surface area contributed by atoms with Crippen molar-refractivity contribution in [1.29, 1.82) is 0 Å². The Kier molecular flexibility index (Phi) is 5.29. The lowest BCUT2D eigenvalue weighted by Gasteiger charge is -2.43. The molecule has 2 aromatic carbocycles. The Labute approximate surface area is 176 Å².